The van der Waals surface area contributed by atoms with Crippen molar-refractivity contribution < 1.29 is 14.6 Å². The van der Waals surface area contributed by atoms with Crippen molar-refractivity contribution in [2.45, 2.75) is 24.7 Å². The van der Waals surface area contributed by atoms with Gasteiger partial charge >= 0.3 is 0 Å². The van der Waals surface area contributed by atoms with Gasteiger partial charge in [0.15, 0.2) is 0 Å². The van der Waals surface area contributed by atoms with E-state index in [1.54, 1.807) is 7.11 Å². The van der Waals surface area contributed by atoms with Crippen molar-refractivity contribution in [3.05, 3.63) is 65.2 Å². The van der Waals surface area contributed by atoms with Crippen molar-refractivity contribution in [1.82, 2.24) is 4.90 Å². The third-order valence-electron chi connectivity index (χ3n) is 5.20. The lowest BCUT2D eigenvalue weighted by atomic mass is 10.0. The molecule has 0 amide bonds. The lowest BCUT2D eigenvalue weighted by Crippen LogP contribution is -2.46. The Hall–Kier alpha value is -1.88. The summed E-state index contributed by atoms with van der Waals surface area (Å²) >= 11 is 0. The van der Waals surface area contributed by atoms with Gasteiger partial charge in [-0.1, -0.05) is 36.4 Å². The lowest BCUT2D eigenvalue weighted by molar-refractivity contribution is -0.0633. The minimum atomic E-state index is -0.412. The number of methoxy groups -OCH3 is 1. The molecule has 24 heavy (non-hydrogen) atoms. The number of aliphatic hydroxyl groups excluding tert-OH is 1. The van der Waals surface area contributed by atoms with E-state index in [0.717, 1.165) is 36.4 Å². The molecule has 2 aromatic rings. The molecule has 1 aliphatic carbocycles. The maximum absolute atomic E-state index is 10.7. The van der Waals surface area contributed by atoms with Gasteiger partial charge in [0.05, 0.1) is 25.9 Å². The molecule has 2 aliphatic rings. The largest absolute Gasteiger partial charge is 0.497 e. The first kappa shape index (κ1) is 15.6. The van der Waals surface area contributed by atoms with E-state index in [4.69, 9.17) is 9.47 Å². The molecule has 2 aromatic carbocycles. The number of rotatable bonds is 3. The predicted molar refractivity (Wildman–Crippen MR) is 92.2 cm³/mol. The van der Waals surface area contributed by atoms with E-state index in [1.807, 2.05) is 36.4 Å². The fourth-order valence-corrected chi connectivity index (χ4v) is 3.90. The number of benzene rings is 2. The average Bonchev–Trinajstić information content (AvgIpc) is 2.99. The van der Waals surface area contributed by atoms with Gasteiger partial charge in [-0.3, -0.25) is 4.90 Å². The van der Waals surface area contributed by atoms with E-state index in [2.05, 4.69) is 17.0 Å². The second-order valence-corrected chi connectivity index (χ2v) is 6.55. The van der Waals surface area contributed by atoms with Crippen molar-refractivity contribution in [3.8, 4) is 5.75 Å². The molecule has 3 atom stereocenters. The van der Waals surface area contributed by atoms with Crippen LogP contribution in [0.5, 0.6) is 5.75 Å². The summed E-state index contributed by atoms with van der Waals surface area (Å²) in [6, 6.07) is 16.4. The highest BCUT2D eigenvalue weighted by Crippen LogP contribution is 2.36. The molecule has 0 radical (unpaired) electrons. The summed E-state index contributed by atoms with van der Waals surface area (Å²) in [4.78, 5) is 2.37. The highest BCUT2D eigenvalue weighted by Gasteiger charge is 2.37. The van der Waals surface area contributed by atoms with Crippen LogP contribution in [0.4, 0.5) is 0 Å². The molecule has 4 rings (SSSR count). The predicted octanol–water partition coefficient (Wildman–Crippen LogP) is 2.73. The zero-order valence-corrected chi connectivity index (χ0v) is 13.9. The molecule has 0 saturated carbocycles. The Morgan fingerprint density at radius 2 is 2.04 bits per heavy atom. The monoisotopic (exact) mass is 325 g/mol. The van der Waals surface area contributed by atoms with Crippen LogP contribution >= 0.6 is 0 Å². The first-order chi connectivity index (χ1) is 11.8. The Kier molecular flexibility index (Phi) is 4.27. The SMILES string of the molecule is COc1cccc(C2CN(C3Cc4ccccc4C3O)CCO2)c1. The van der Waals surface area contributed by atoms with Crippen LogP contribution < -0.4 is 4.74 Å². The minimum absolute atomic E-state index is 0.0183. The summed E-state index contributed by atoms with van der Waals surface area (Å²) in [6.07, 6.45) is 0.511. The standard InChI is InChI=1S/C20H23NO3/c1-23-16-7-4-6-15(11-16)19-13-21(9-10-24-19)18-12-14-5-2-3-8-17(14)20(18)22/h2-8,11,18-20,22H,9-10,12-13H2,1H3. The summed E-state index contributed by atoms with van der Waals surface area (Å²) in [5.74, 6) is 0.849. The zero-order valence-electron chi connectivity index (χ0n) is 13.9. The van der Waals surface area contributed by atoms with Gasteiger partial charge in [-0.25, -0.2) is 0 Å². The Morgan fingerprint density at radius 1 is 1.17 bits per heavy atom. The number of fused-ring (bicyclic) bond motifs is 1. The van der Waals surface area contributed by atoms with Gasteiger partial charge in [0.25, 0.3) is 0 Å². The smallest absolute Gasteiger partial charge is 0.119 e. The molecular formula is C20H23NO3. The normalized spacial score (nSPS) is 27.0. The second kappa shape index (κ2) is 6.55. The Balaban J connectivity index is 1.51. The topological polar surface area (TPSA) is 41.9 Å². The second-order valence-electron chi connectivity index (χ2n) is 6.55. The highest BCUT2D eigenvalue weighted by atomic mass is 16.5. The maximum atomic E-state index is 10.7. The van der Waals surface area contributed by atoms with E-state index >= 15 is 0 Å². The fourth-order valence-electron chi connectivity index (χ4n) is 3.90. The van der Waals surface area contributed by atoms with E-state index in [1.165, 1.54) is 5.56 Å². The Morgan fingerprint density at radius 3 is 2.88 bits per heavy atom. The molecule has 3 unspecified atom stereocenters. The van der Waals surface area contributed by atoms with Gasteiger partial charge in [0, 0.05) is 19.1 Å². The van der Waals surface area contributed by atoms with Crippen molar-refractivity contribution in [1.29, 1.82) is 0 Å². The summed E-state index contributed by atoms with van der Waals surface area (Å²) in [7, 11) is 1.68. The van der Waals surface area contributed by atoms with Crippen LogP contribution in [0.1, 0.15) is 28.9 Å². The summed E-state index contributed by atoms with van der Waals surface area (Å²) in [5.41, 5.74) is 3.47. The van der Waals surface area contributed by atoms with Gasteiger partial charge in [-0.05, 0) is 35.2 Å². The van der Waals surface area contributed by atoms with E-state index in [-0.39, 0.29) is 12.1 Å². The van der Waals surface area contributed by atoms with Crippen molar-refractivity contribution >= 4 is 0 Å². The number of morpholine rings is 1. The van der Waals surface area contributed by atoms with Crippen LogP contribution in [-0.2, 0) is 11.2 Å². The summed E-state index contributed by atoms with van der Waals surface area (Å²) < 4.78 is 11.3. The maximum Gasteiger partial charge on any atom is 0.119 e. The molecule has 4 heteroatoms. The third-order valence-corrected chi connectivity index (χ3v) is 5.20. The first-order valence-electron chi connectivity index (χ1n) is 8.52. The average molecular weight is 325 g/mol. The molecule has 1 saturated heterocycles. The number of ether oxygens (including phenoxy) is 2. The number of hydrogen-bond acceptors (Lipinski definition) is 4. The molecule has 0 aromatic heterocycles. The lowest BCUT2D eigenvalue weighted by Gasteiger charge is -2.38. The molecule has 0 spiro atoms. The molecule has 1 heterocycles. The molecule has 1 fully saturated rings. The molecule has 126 valence electrons. The first-order valence-corrected chi connectivity index (χ1v) is 8.52. The van der Waals surface area contributed by atoms with Crippen molar-refractivity contribution in [2.24, 2.45) is 0 Å². The van der Waals surface area contributed by atoms with Crippen LogP contribution in [0.25, 0.3) is 0 Å². The van der Waals surface area contributed by atoms with Gasteiger partial charge in [0.2, 0.25) is 0 Å². The fraction of sp³-hybridized carbons (Fsp3) is 0.400. The van der Waals surface area contributed by atoms with Crippen LogP contribution in [0.2, 0.25) is 0 Å². The van der Waals surface area contributed by atoms with Crippen LogP contribution in [-0.4, -0.2) is 42.9 Å². The molecule has 1 N–H and O–H groups in total. The minimum Gasteiger partial charge on any atom is -0.497 e. The summed E-state index contributed by atoms with van der Waals surface area (Å²) in [5, 5.41) is 10.7. The van der Waals surface area contributed by atoms with Crippen LogP contribution in [0.15, 0.2) is 48.5 Å². The van der Waals surface area contributed by atoms with E-state index < -0.39 is 6.10 Å². The quantitative estimate of drug-likeness (QED) is 0.942. The molecular weight excluding hydrogens is 302 g/mol. The van der Waals surface area contributed by atoms with Gasteiger partial charge in [-0.15, -0.1) is 0 Å². The Bertz CT molecular complexity index is 718. The molecule has 0 bridgehead atoms. The van der Waals surface area contributed by atoms with Gasteiger partial charge in [-0.2, -0.15) is 0 Å². The molecule has 1 aliphatic heterocycles. The summed E-state index contributed by atoms with van der Waals surface area (Å²) in [6.45, 7) is 2.33. The van der Waals surface area contributed by atoms with Crippen molar-refractivity contribution in [2.75, 3.05) is 26.8 Å². The third kappa shape index (κ3) is 2.81. The molecule has 4 nitrogen and oxygen atoms in total. The van der Waals surface area contributed by atoms with Gasteiger partial charge in [0.1, 0.15) is 5.75 Å². The number of aliphatic hydroxyl groups is 1. The van der Waals surface area contributed by atoms with Gasteiger partial charge < -0.3 is 14.6 Å². The van der Waals surface area contributed by atoms with Crippen LogP contribution in [0.3, 0.4) is 0 Å². The highest BCUT2D eigenvalue weighted by molar-refractivity contribution is 5.36. The number of hydrogen-bond donors (Lipinski definition) is 1. The van der Waals surface area contributed by atoms with E-state index in [9.17, 15) is 5.11 Å². The van der Waals surface area contributed by atoms with Crippen LogP contribution in [0, 0.1) is 0 Å². The van der Waals surface area contributed by atoms with Crippen molar-refractivity contribution in [3.63, 3.8) is 0 Å². The van der Waals surface area contributed by atoms with E-state index in [0.29, 0.717) is 6.61 Å². The number of nitrogens with zero attached hydrogens (tertiary/aromatic N) is 1. The zero-order chi connectivity index (χ0) is 16.5. The Labute approximate surface area is 142 Å².